The maximum Gasteiger partial charge on any atom is 0.233 e. The summed E-state index contributed by atoms with van der Waals surface area (Å²) in [5, 5.41) is 17.1. The number of nitrogens with zero attached hydrogens (tertiary/aromatic N) is 4. The Hall–Kier alpha value is -2.39. The van der Waals surface area contributed by atoms with E-state index in [-0.39, 0.29) is 11.2 Å². The summed E-state index contributed by atoms with van der Waals surface area (Å²) in [4.78, 5) is 13.4. The largest absolute Gasteiger partial charge is 0.497 e. The van der Waals surface area contributed by atoms with E-state index in [0.29, 0.717) is 18.2 Å². The predicted molar refractivity (Wildman–Crippen MR) is 101 cm³/mol. The van der Waals surface area contributed by atoms with Gasteiger partial charge in [0.15, 0.2) is 0 Å². The van der Waals surface area contributed by atoms with Gasteiger partial charge in [0.05, 0.1) is 25.4 Å². The highest BCUT2D eigenvalue weighted by atomic mass is 32.2. The van der Waals surface area contributed by atoms with Crippen LogP contribution in [0.25, 0.3) is 0 Å². The van der Waals surface area contributed by atoms with Crippen LogP contribution < -0.4 is 10.1 Å². The van der Waals surface area contributed by atoms with Crippen LogP contribution in [0.1, 0.15) is 17.4 Å². The fourth-order valence-corrected chi connectivity index (χ4v) is 3.68. The zero-order valence-corrected chi connectivity index (χ0v) is 16.1. The van der Waals surface area contributed by atoms with Crippen molar-refractivity contribution in [3.8, 4) is 5.75 Å². The molecule has 3 aromatic rings. The van der Waals surface area contributed by atoms with Gasteiger partial charge in [-0.25, -0.2) is 4.68 Å². The Labute approximate surface area is 159 Å². The van der Waals surface area contributed by atoms with Gasteiger partial charge < -0.3 is 10.1 Å². The molecule has 0 radical (unpaired) electrons. The molecule has 1 unspecified atom stereocenters. The van der Waals surface area contributed by atoms with E-state index in [0.717, 1.165) is 16.2 Å². The van der Waals surface area contributed by atoms with Crippen LogP contribution in [0.3, 0.4) is 0 Å². The van der Waals surface area contributed by atoms with E-state index in [4.69, 9.17) is 4.74 Å². The zero-order chi connectivity index (χ0) is 18.4. The lowest BCUT2D eigenvalue weighted by atomic mass is 10.2. The maximum absolute atomic E-state index is 12.3. The second kappa shape index (κ2) is 8.81. The molecule has 0 aliphatic rings. The van der Waals surface area contributed by atoms with Crippen molar-refractivity contribution in [3.05, 3.63) is 52.2 Å². The van der Waals surface area contributed by atoms with Gasteiger partial charge in [0, 0.05) is 4.88 Å². The van der Waals surface area contributed by atoms with Crippen LogP contribution in [0.15, 0.2) is 46.9 Å². The number of rotatable bonds is 8. The van der Waals surface area contributed by atoms with Crippen LogP contribution in [0.2, 0.25) is 0 Å². The van der Waals surface area contributed by atoms with Crippen LogP contribution >= 0.6 is 23.1 Å². The number of amides is 1. The molecule has 0 aliphatic heterocycles. The number of benzene rings is 1. The molecule has 0 spiro atoms. The summed E-state index contributed by atoms with van der Waals surface area (Å²) in [5.74, 6) is 0.762. The highest BCUT2D eigenvalue weighted by molar-refractivity contribution is 8.00. The number of ether oxygens (including phenoxy) is 1. The van der Waals surface area contributed by atoms with E-state index in [1.54, 1.807) is 23.1 Å². The fraction of sp³-hybridized carbons (Fsp3) is 0.294. The van der Waals surface area contributed by atoms with Gasteiger partial charge in [-0.15, -0.1) is 16.4 Å². The van der Waals surface area contributed by atoms with Gasteiger partial charge >= 0.3 is 0 Å². The van der Waals surface area contributed by atoms with Crippen LogP contribution in [0.5, 0.6) is 5.75 Å². The van der Waals surface area contributed by atoms with Crippen LogP contribution in [-0.2, 0) is 17.9 Å². The van der Waals surface area contributed by atoms with Crippen molar-refractivity contribution >= 4 is 29.0 Å². The minimum absolute atomic E-state index is 0.0394. The normalized spacial score (nSPS) is 11.9. The third kappa shape index (κ3) is 4.83. The average molecular weight is 390 g/mol. The van der Waals surface area contributed by atoms with Crippen LogP contribution in [0.4, 0.5) is 0 Å². The third-order valence-electron chi connectivity index (χ3n) is 3.66. The smallest absolute Gasteiger partial charge is 0.233 e. The van der Waals surface area contributed by atoms with E-state index in [2.05, 4.69) is 20.8 Å². The van der Waals surface area contributed by atoms with E-state index in [1.165, 1.54) is 11.8 Å². The van der Waals surface area contributed by atoms with Crippen molar-refractivity contribution in [1.82, 2.24) is 25.5 Å². The molecule has 0 fully saturated rings. The van der Waals surface area contributed by atoms with Gasteiger partial charge in [-0.1, -0.05) is 30.0 Å². The Kier molecular flexibility index (Phi) is 6.24. The molecule has 7 nitrogen and oxygen atoms in total. The highest BCUT2D eigenvalue weighted by Gasteiger charge is 2.18. The summed E-state index contributed by atoms with van der Waals surface area (Å²) >= 11 is 2.96. The molecule has 3 rings (SSSR count). The molecule has 1 amide bonds. The topological polar surface area (TPSA) is 81.9 Å². The SMILES string of the molecule is COc1ccc(Cn2nnnc2SC(C)C(=O)NCc2cccs2)cc1. The molecular weight excluding hydrogens is 370 g/mol. The Balaban J connectivity index is 1.57. The molecule has 26 heavy (non-hydrogen) atoms. The number of nitrogens with one attached hydrogen (secondary N) is 1. The van der Waals surface area contributed by atoms with Gasteiger partial charge in [0.25, 0.3) is 0 Å². The molecule has 0 bridgehead atoms. The maximum atomic E-state index is 12.3. The second-order valence-electron chi connectivity index (χ2n) is 5.52. The predicted octanol–water partition coefficient (Wildman–Crippen LogP) is 2.59. The van der Waals surface area contributed by atoms with E-state index < -0.39 is 0 Å². The zero-order valence-electron chi connectivity index (χ0n) is 14.5. The summed E-state index contributed by atoms with van der Waals surface area (Å²) in [6, 6.07) is 11.7. The lowest BCUT2D eigenvalue weighted by Gasteiger charge is -2.11. The molecule has 2 heterocycles. The number of aromatic nitrogens is 4. The van der Waals surface area contributed by atoms with Gasteiger partial charge in [0.1, 0.15) is 5.75 Å². The van der Waals surface area contributed by atoms with Gasteiger partial charge in [-0.05, 0) is 46.5 Å². The molecule has 9 heteroatoms. The van der Waals surface area contributed by atoms with Gasteiger partial charge in [-0.2, -0.15) is 0 Å². The minimum Gasteiger partial charge on any atom is -0.497 e. The summed E-state index contributed by atoms with van der Waals surface area (Å²) in [6.45, 7) is 2.92. The lowest BCUT2D eigenvalue weighted by molar-refractivity contribution is -0.120. The summed E-state index contributed by atoms with van der Waals surface area (Å²) < 4.78 is 6.85. The number of tetrazole rings is 1. The van der Waals surface area contributed by atoms with Gasteiger partial charge in [0.2, 0.25) is 11.1 Å². The van der Waals surface area contributed by atoms with Crippen molar-refractivity contribution in [2.45, 2.75) is 30.4 Å². The Morgan fingerprint density at radius 2 is 2.15 bits per heavy atom. The highest BCUT2D eigenvalue weighted by Crippen LogP contribution is 2.21. The summed E-state index contributed by atoms with van der Waals surface area (Å²) in [5.41, 5.74) is 1.05. The van der Waals surface area contributed by atoms with Crippen LogP contribution in [0, 0.1) is 0 Å². The Morgan fingerprint density at radius 1 is 1.35 bits per heavy atom. The number of hydrogen-bond acceptors (Lipinski definition) is 7. The number of methoxy groups -OCH3 is 1. The molecule has 2 aromatic heterocycles. The van der Waals surface area contributed by atoms with Gasteiger partial charge in [-0.3, -0.25) is 4.79 Å². The first-order valence-electron chi connectivity index (χ1n) is 8.01. The summed E-state index contributed by atoms with van der Waals surface area (Å²) in [7, 11) is 1.63. The quantitative estimate of drug-likeness (QED) is 0.597. The first-order valence-corrected chi connectivity index (χ1v) is 9.77. The lowest BCUT2D eigenvalue weighted by Crippen LogP contribution is -2.30. The average Bonchev–Trinajstić information content (AvgIpc) is 3.32. The monoisotopic (exact) mass is 389 g/mol. The molecule has 136 valence electrons. The van der Waals surface area contributed by atoms with E-state index >= 15 is 0 Å². The summed E-state index contributed by atoms with van der Waals surface area (Å²) in [6.07, 6.45) is 0. The van der Waals surface area contributed by atoms with Crippen molar-refractivity contribution in [3.63, 3.8) is 0 Å². The first-order chi connectivity index (χ1) is 12.7. The fourth-order valence-electron chi connectivity index (χ4n) is 2.23. The van der Waals surface area contributed by atoms with Crippen molar-refractivity contribution < 1.29 is 9.53 Å². The molecular formula is C17H19N5O2S2. The number of hydrogen-bond donors (Lipinski definition) is 1. The molecule has 0 saturated carbocycles. The first kappa shape index (κ1) is 18.4. The molecule has 0 saturated heterocycles. The number of carbonyl (C=O) groups is 1. The minimum atomic E-state index is -0.296. The van der Waals surface area contributed by atoms with Crippen molar-refractivity contribution in [1.29, 1.82) is 0 Å². The van der Waals surface area contributed by atoms with Crippen LogP contribution in [-0.4, -0.2) is 38.5 Å². The molecule has 0 aliphatic carbocycles. The Bertz CT molecular complexity index is 833. The molecule has 1 atom stereocenters. The number of thioether (sulfide) groups is 1. The standard InChI is InChI=1S/C17H19N5O2S2/c1-12(16(23)18-10-15-4-3-9-25-15)26-17-19-20-21-22(17)11-13-5-7-14(24-2)8-6-13/h3-9,12H,10-11H2,1-2H3,(H,18,23). The second-order valence-corrected chi connectivity index (χ2v) is 7.86. The van der Waals surface area contributed by atoms with Crippen molar-refractivity contribution in [2.75, 3.05) is 7.11 Å². The van der Waals surface area contributed by atoms with E-state index in [1.807, 2.05) is 48.7 Å². The van der Waals surface area contributed by atoms with Crippen molar-refractivity contribution in [2.24, 2.45) is 0 Å². The Morgan fingerprint density at radius 3 is 2.85 bits per heavy atom. The molecule has 1 aromatic carbocycles. The van der Waals surface area contributed by atoms with E-state index in [9.17, 15) is 4.79 Å². The third-order valence-corrected chi connectivity index (χ3v) is 5.61. The number of thiophene rings is 1. The number of carbonyl (C=O) groups excluding carboxylic acids is 1. The molecule has 1 N–H and O–H groups in total.